The van der Waals surface area contributed by atoms with Gasteiger partial charge in [-0.2, -0.15) is 0 Å². The van der Waals surface area contributed by atoms with Gasteiger partial charge >= 0.3 is 5.97 Å². The fourth-order valence-corrected chi connectivity index (χ4v) is 2.75. The predicted octanol–water partition coefficient (Wildman–Crippen LogP) is 2.68. The maximum atomic E-state index is 12.6. The highest BCUT2D eigenvalue weighted by Gasteiger charge is 2.28. The summed E-state index contributed by atoms with van der Waals surface area (Å²) in [4.78, 5) is 25.0. The van der Waals surface area contributed by atoms with Crippen molar-refractivity contribution in [2.45, 2.75) is 71.5 Å². The Kier molecular flexibility index (Phi) is 7.72. The number of hydrogen-bond acceptors (Lipinski definition) is 3. The lowest BCUT2D eigenvalue weighted by atomic mass is 10.1. The highest BCUT2D eigenvalue weighted by atomic mass is 16.5. The average molecular weight is 299 g/mol. The summed E-state index contributed by atoms with van der Waals surface area (Å²) in [5, 5.41) is 8.83. The molecule has 5 heteroatoms. The summed E-state index contributed by atoms with van der Waals surface area (Å²) in [6, 6.07) is 0. The van der Waals surface area contributed by atoms with E-state index in [2.05, 4.69) is 0 Å². The summed E-state index contributed by atoms with van der Waals surface area (Å²) in [7, 11) is 0. The number of ether oxygens (including phenoxy) is 1. The van der Waals surface area contributed by atoms with E-state index in [0.717, 1.165) is 12.8 Å². The van der Waals surface area contributed by atoms with Crippen molar-refractivity contribution in [2.24, 2.45) is 5.92 Å². The van der Waals surface area contributed by atoms with Crippen molar-refractivity contribution in [2.75, 3.05) is 13.1 Å². The summed E-state index contributed by atoms with van der Waals surface area (Å²) in [5.74, 6) is -0.618. The quantitative estimate of drug-likeness (QED) is 0.711. The Morgan fingerprint density at radius 1 is 1.29 bits per heavy atom. The molecule has 1 unspecified atom stereocenters. The summed E-state index contributed by atoms with van der Waals surface area (Å²) >= 11 is 0. The fourth-order valence-electron chi connectivity index (χ4n) is 2.75. The molecule has 0 heterocycles. The molecule has 0 aromatic rings. The Morgan fingerprint density at radius 3 is 2.38 bits per heavy atom. The van der Waals surface area contributed by atoms with E-state index < -0.39 is 12.1 Å². The van der Waals surface area contributed by atoms with Crippen molar-refractivity contribution >= 4 is 11.9 Å². The first-order chi connectivity index (χ1) is 9.93. The number of carboxylic acids is 1. The molecule has 1 aliphatic carbocycles. The first kappa shape index (κ1) is 18.0. The number of carboxylic acid groups (broad SMARTS) is 1. The predicted molar refractivity (Wildman–Crippen MR) is 81.1 cm³/mol. The van der Waals surface area contributed by atoms with Gasteiger partial charge in [0.25, 0.3) is 5.91 Å². The second kappa shape index (κ2) is 9.03. The number of rotatable bonds is 9. The van der Waals surface area contributed by atoms with Crippen molar-refractivity contribution in [3.05, 3.63) is 0 Å². The molecular weight excluding hydrogens is 270 g/mol. The van der Waals surface area contributed by atoms with Gasteiger partial charge in [-0.3, -0.25) is 9.59 Å². The number of aliphatic carboxylic acids is 1. The number of amides is 1. The molecule has 0 aromatic carbocycles. The van der Waals surface area contributed by atoms with Gasteiger partial charge in [-0.15, -0.1) is 0 Å². The van der Waals surface area contributed by atoms with Crippen LogP contribution in [0.5, 0.6) is 0 Å². The monoisotopic (exact) mass is 299 g/mol. The molecule has 1 aliphatic rings. The third-order valence-electron chi connectivity index (χ3n) is 3.80. The second-order valence-electron chi connectivity index (χ2n) is 6.26. The van der Waals surface area contributed by atoms with Crippen LogP contribution in [0, 0.1) is 5.92 Å². The van der Waals surface area contributed by atoms with E-state index in [1.807, 2.05) is 20.8 Å². The Balaban J connectivity index is 2.62. The zero-order valence-corrected chi connectivity index (χ0v) is 13.5. The highest BCUT2D eigenvalue weighted by Crippen LogP contribution is 2.23. The lowest BCUT2D eigenvalue weighted by Gasteiger charge is -2.29. The molecule has 0 radical (unpaired) electrons. The molecule has 0 aromatic heterocycles. The van der Waals surface area contributed by atoms with E-state index in [1.165, 1.54) is 12.8 Å². The van der Waals surface area contributed by atoms with Gasteiger partial charge in [0, 0.05) is 13.1 Å². The molecule has 1 saturated carbocycles. The van der Waals surface area contributed by atoms with E-state index in [4.69, 9.17) is 9.84 Å². The van der Waals surface area contributed by atoms with Crippen LogP contribution < -0.4 is 0 Å². The van der Waals surface area contributed by atoms with Gasteiger partial charge in [0.05, 0.1) is 12.5 Å². The first-order valence-corrected chi connectivity index (χ1v) is 8.10. The van der Waals surface area contributed by atoms with Crippen LogP contribution in [0.25, 0.3) is 0 Å². The van der Waals surface area contributed by atoms with E-state index in [0.29, 0.717) is 18.9 Å². The minimum absolute atomic E-state index is 0.0156. The van der Waals surface area contributed by atoms with E-state index in [-0.39, 0.29) is 25.0 Å². The van der Waals surface area contributed by atoms with Gasteiger partial charge < -0.3 is 14.7 Å². The van der Waals surface area contributed by atoms with Crippen LogP contribution >= 0.6 is 0 Å². The Bertz CT molecular complexity index is 337. The molecule has 21 heavy (non-hydrogen) atoms. The van der Waals surface area contributed by atoms with E-state index in [1.54, 1.807) is 4.90 Å². The topological polar surface area (TPSA) is 66.8 Å². The van der Waals surface area contributed by atoms with Crippen molar-refractivity contribution in [1.82, 2.24) is 4.90 Å². The molecule has 1 rings (SSSR count). The van der Waals surface area contributed by atoms with Gasteiger partial charge in [-0.25, -0.2) is 0 Å². The van der Waals surface area contributed by atoms with Crippen molar-refractivity contribution in [1.29, 1.82) is 0 Å². The normalized spacial score (nSPS) is 17.1. The number of nitrogens with zero attached hydrogens (tertiary/aromatic N) is 1. The largest absolute Gasteiger partial charge is 0.481 e. The zero-order valence-electron chi connectivity index (χ0n) is 13.5. The minimum atomic E-state index is -0.874. The van der Waals surface area contributed by atoms with Crippen molar-refractivity contribution in [3.63, 3.8) is 0 Å². The van der Waals surface area contributed by atoms with Gasteiger partial charge in [0.2, 0.25) is 0 Å². The highest BCUT2D eigenvalue weighted by molar-refractivity contribution is 5.81. The van der Waals surface area contributed by atoms with Crippen molar-refractivity contribution < 1.29 is 19.4 Å². The third-order valence-corrected chi connectivity index (χ3v) is 3.80. The lowest BCUT2D eigenvalue weighted by Crippen LogP contribution is -2.44. The summed E-state index contributed by atoms with van der Waals surface area (Å²) in [6.45, 7) is 6.84. The molecule has 1 fully saturated rings. The Labute approximate surface area is 127 Å². The number of hydrogen-bond donors (Lipinski definition) is 1. The molecule has 5 nitrogen and oxygen atoms in total. The molecule has 0 bridgehead atoms. The number of carbonyl (C=O) groups is 2. The van der Waals surface area contributed by atoms with Crippen LogP contribution in [0.15, 0.2) is 0 Å². The summed E-state index contributed by atoms with van der Waals surface area (Å²) < 4.78 is 5.95. The molecular formula is C16H29NO4. The molecule has 0 spiro atoms. The van der Waals surface area contributed by atoms with Gasteiger partial charge in [0.1, 0.15) is 6.10 Å². The lowest BCUT2D eigenvalue weighted by molar-refractivity contribution is -0.149. The first-order valence-electron chi connectivity index (χ1n) is 8.10. The van der Waals surface area contributed by atoms with Crippen LogP contribution in [0.2, 0.25) is 0 Å². The second-order valence-corrected chi connectivity index (χ2v) is 6.26. The van der Waals surface area contributed by atoms with E-state index in [9.17, 15) is 9.59 Å². The smallest absolute Gasteiger partial charge is 0.305 e. The Morgan fingerprint density at radius 2 is 1.90 bits per heavy atom. The van der Waals surface area contributed by atoms with Gasteiger partial charge in [-0.1, -0.05) is 33.6 Å². The average Bonchev–Trinajstić information content (AvgIpc) is 2.92. The van der Waals surface area contributed by atoms with Gasteiger partial charge in [0.15, 0.2) is 0 Å². The third kappa shape index (κ3) is 6.46. The van der Waals surface area contributed by atoms with Crippen LogP contribution in [0.1, 0.15) is 59.3 Å². The van der Waals surface area contributed by atoms with Gasteiger partial charge in [-0.05, 0) is 25.2 Å². The molecule has 1 amide bonds. The molecule has 0 aliphatic heterocycles. The Hall–Kier alpha value is -1.10. The standard InChI is InChI=1S/C16H29NO4/c1-4-14(21-13-7-5-6-8-13)16(20)17(11-12(2)3)10-9-15(18)19/h12-14H,4-11H2,1-3H3,(H,18,19). The molecule has 0 saturated heterocycles. The SMILES string of the molecule is CCC(OC1CCCC1)C(=O)N(CCC(=O)O)CC(C)C. The fraction of sp³-hybridized carbons (Fsp3) is 0.875. The van der Waals surface area contributed by atoms with Crippen LogP contribution in [0.4, 0.5) is 0 Å². The van der Waals surface area contributed by atoms with Crippen molar-refractivity contribution in [3.8, 4) is 0 Å². The molecule has 1 N–H and O–H groups in total. The maximum absolute atomic E-state index is 12.6. The van der Waals surface area contributed by atoms with Crippen LogP contribution in [-0.2, 0) is 14.3 Å². The number of carbonyl (C=O) groups excluding carboxylic acids is 1. The maximum Gasteiger partial charge on any atom is 0.305 e. The summed E-state index contributed by atoms with van der Waals surface area (Å²) in [5.41, 5.74) is 0. The molecule has 1 atom stereocenters. The van der Waals surface area contributed by atoms with Crippen LogP contribution in [0.3, 0.4) is 0 Å². The minimum Gasteiger partial charge on any atom is -0.481 e. The zero-order chi connectivity index (χ0) is 15.8. The van der Waals surface area contributed by atoms with Crippen LogP contribution in [-0.4, -0.2) is 47.2 Å². The van der Waals surface area contributed by atoms with E-state index >= 15 is 0 Å². The summed E-state index contributed by atoms with van der Waals surface area (Å²) in [6.07, 6.45) is 4.79. The molecule has 122 valence electrons.